The largest absolute Gasteiger partial charge is 0.444 e. The minimum absolute atomic E-state index is 0.0704. The number of fused-ring (bicyclic) bond motifs is 1. The lowest BCUT2D eigenvalue weighted by Gasteiger charge is -2.20. The maximum atomic E-state index is 13.1. The quantitative estimate of drug-likeness (QED) is 0.209. The highest BCUT2D eigenvalue weighted by atomic mass is 35.5. The molecule has 0 radical (unpaired) electrons. The van der Waals surface area contributed by atoms with Gasteiger partial charge in [-0.25, -0.2) is 14.6 Å². The van der Waals surface area contributed by atoms with Crippen LogP contribution in [0.1, 0.15) is 26.3 Å². The Bertz CT molecular complexity index is 1500. The molecule has 0 saturated heterocycles. The number of ether oxygens (including phenoxy) is 1. The average Bonchev–Trinajstić information content (AvgIpc) is 3.28. The third-order valence-electron chi connectivity index (χ3n) is 5.19. The maximum absolute atomic E-state index is 13.1. The Morgan fingerprint density at radius 2 is 1.58 bits per heavy atom. The number of benzene rings is 3. The van der Waals surface area contributed by atoms with Crippen molar-refractivity contribution in [2.24, 2.45) is 0 Å². The molecule has 3 amide bonds. The number of nitrogens with one attached hydrogen (secondary N) is 4. The zero-order valence-electron chi connectivity index (χ0n) is 20.5. The fourth-order valence-electron chi connectivity index (χ4n) is 3.65. The molecule has 0 aliphatic rings. The molecule has 0 spiro atoms. The van der Waals surface area contributed by atoms with E-state index >= 15 is 0 Å². The van der Waals surface area contributed by atoms with Gasteiger partial charge in [-0.3, -0.25) is 5.32 Å². The molecule has 0 bridgehead atoms. The second kappa shape index (κ2) is 10.3. The first-order chi connectivity index (χ1) is 17.8. The van der Waals surface area contributed by atoms with E-state index in [2.05, 4.69) is 25.9 Å². The highest BCUT2D eigenvalue weighted by Crippen LogP contribution is 2.37. The smallest absolute Gasteiger partial charge is 0.417 e. The van der Waals surface area contributed by atoms with Gasteiger partial charge < -0.3 is 20.4 Å². The highest BCUT2D eigenvalue weighted by molar-refractivity contribution is 6.31. The second-order valence-corrected chi connectivity index (χ2v) is 9.67. The number of amides is 3. The van der Waals surface area contributed by atoms with Gasteiger partial charge in [-0.05, 0) is 68.8 Å². The Kier molecular flexibility index (Phi) is 7.23. The molecule has 0 aliphatic carbocycles. The van der Waals surface area contributed by atoms with Crippen molar-refractivity contribution in [3.63, 3.8) is 0 Å². The van der Waals surface area contributed by atoms with E-state index in [4.69, 9.17) is 16.3 Å². The van der Waals surface area contributed by atoms with Crippen LogP contribution in [0, 0.1) is 0 Å². The van der Waals surface area contributed by atoms with Crippen LogP contribution in [0.5, 0.6) is 0 Å². The van der Waals surface area contributed by atoms with Gasteiger partial charge in [0.05, 0.1) is 33.6 Å². The molecular formula is C26H23ClF3N5O3. The number of H-pyrrole nitrogens is 1. The minimum Gasteiger partial charge on any atom is -0.444 e. The highest BCUT2D eigenvalue weighted by Gasteiger charge is 2.33. The summed E-state index contributed by atoms with van der Waals surface area (Å²) in [5.74, 6) is 0. The lowest BCUT2D eigenvalue weighted by molar-refractivity contribution is -0.137. The zero-order chi connectivity index (χ0) is 27.7. The van der Waals surface area contributed by atoms with Crippen LogP contribution in [0.25, 0.3) is 22.2 Å². The number of imidazole rings is 1. The fourth-order valence-corrected chi connectivity index (χ4v) is 3.88. The van der Waals surface area contributed by atoms with Crippen molar-refractivity contribution >= 4 is 51.8 Å². The topological polar surface area (TPSA) is 108 Å². The number of aromatic nitrogens is 2. The number of carbonyl (C=O) groups is 2. The Morgan fingerprint density at radius 3 is 2.24 bits per heavy atom. The first-order valence-electron chi connectivity index (χ1n) is 11.3. The van der Waals surface area contributed by atoms with E-state index < -0.39 is 34.5 Å². The Morgan fingerprint density at radius 1 is 0.921 bits per heavy atom. The Balaban J connectivity index is 1.54. The van der Waals surface area contributed by atoms with Gasteiger partial charge in [0.15, 0.2) is 0 Å². The molecule has 1 aromatic heterocycles. The molecule has 4 rings (SSSR count). The van der Waals surface area contributed by atoms with E-state index in [-0.39, 0.29) is 5.69 Å². The predicted octanol–water partition coefficient (Wildman–Crippen LogP) is 7.89. The SMILES string of the molecule is CC(C)(C)OC(=O)Nc1ccc2[nH]cnc2c1-c1ccc(NC(=O)Nc2ccc(Cl)c(C(F)(F)F)c2)cc1. The van der Waals surface area contributed by atoms with E-state index in [0.717, 1.165) is 17.6 Å². The first-order valence-corrected chi connectivity index (χ1v) is 11.7. The monoisotopic (exact) mass is 545 g/mol. The van der Waals surface area contributed by atoms with E-state index in [9.17, 15) is 22.8 Å². The van der Waals surface area contributed by atoms with Gasteiger partial charge in [0.1, 0.15) is 5.60 Å². The molecule has 4 N–H and O–H groups in total. The van der Waals surface area contributed by atoms with Crippen LogP contribution in [-0.2, 0) is 10.9 Å². The van der Waals surface area contributed by atoms with Crippen LogP contribution in [0.2, 0.25) is 5.02 Å². The predicted molar refractivity (Wildman–Crippen MR) is 140 cm³/mol. The van der Waals surface area contributed by atoms with Gasteiger partial charge in [-0.15, -0.1) is 0 Å². The van der Waals surface area contributed by atoms with E-state index in [1.807, 2.05) is 0 Å². The van der Waals surface area contributed by atoms with Crippen molar-refractivity contribution in [3.8, 4) is 11.1 Å². The number of nitrogens with zero attached hydrogens (tertiary/aromatic N) is 1. The fraction of sp³-hybridized carbons (Fsp3) is 0.192. The average molecular weight is 546 g/mol. The molecule has 1 heterocycles. The van der Waals surface area contributed by atoms with Crippen LogP contribution in [-0.4, -0.2) is 27.7 Å². The molecule has 4 aromatic rings. The molecule has 198 valence electrons. The normalized spacial score (nSPS) is 11.8. The third-order valence-corrected chi connectivity index (χ3v) is 5.52. The molecule has 0 aliphatic heterocycles. The van der Waals surface area contributed by atoms with Crippen LogP contribution < -0.4 is 16.0 Å². The number of aromatic amines is 1. The molecule has 8 nitrogen and oxygen atoms in total. The lowest BCUT2D eigenvalue weighted by atomic mass is 10.0. The number of hydrogen-bond donors (Lipinski definition) is 4. The van der Waals surface area contributed by atoms with Crippen molar-refractivity contribution in [2.75, 3.05) is 16.0 Å². The van der Waals surface area contributed by atoms with Crippen molar-refractivity contribution in [3.05, 3.63) is 71.5 Å². The molecule has 12 heteroatoms. The summed E-state index contributed by atoms with van der Waals surface area (Å²) < 4.78 is 44.6. The standard InChI is InChI=1S/C26H23ClF3N5O3/c1-25(2,3)38-24(37)35-19-10-11-20-22(32-13-31-20)21(19)14-4-6-15(7-5-14)33-23(36)34-16-8-9-18(27)17(12-16)26(28,29)30/h4-13H,1-3H3,(H,31,32)(H,35,37)(H2,33,34,36). The van der Waals surface area contributed by atoms with Gasteiger partial charge in [0.25, 0.3) is 0 Å². The van der Waals surface area contributed by atoms with Crippen LogP contribution in [0.4, 0.5) is 39.8 Å². The van der Waals surface area contributed by atoms with Crippen molar-refractivity contribution in [1.82, 2.24) is 9.97 Å². The van der Waals surface area contributed by atoms with Crippen molar-refractivity contribution in [1.29, 1.82) is 0 Å². The van der Waals surface area contributed by atoms with E-state index in [1.54, 1.807) is 57.2 Å². The molecule has 0 atom stereocenters. The molecule has 0 saturated carbocycles. The van der Waals surface area contributed by atoms with E-state index in [1.165, 1.54) is 12.4 Å². The number of rotatable bonds is 4. The van der Waals surface area contributed by atoms with Gasteiger partial charge in [0, 0.05) is 16.9 Å². The molecular weight excluding hydrogens is 523 g/mol. The molecule has 38 heavy (non-hydrogen) atoms. The maximum Gasteiger partial charge on any atom is 0.417 e. The summed E-state index contributed by atoms with van der Waals surface area (Å²) >= 11 is 5.62. The number of hydrogen-bond acceptors (Lipinski definition) is 4. The zero-order valence-corrected chi connectivity index (χ0v) is 21.2. The van der Waals surface area contributed by atoms with Crippen molar-refractivity contribution in [2.45, 2.75) is 32.5 Å². The number of urea groups is 1. The van der Waals surface area contributed by atoms with Gasteiger partial charge in [-0.1, -0.05) is 23.7 Å². The van der Waals surface area contributed by atoms with E-state index in [0.29, 0.717) is 28.0 Å². The third kappa shape index (κ3) is 6.35. The number of anilines is 3. The summed E-state index contributed by atoms with van der Waals surface area (Å²) in [6.07, 6.45) is -3.75. The summed E-state index contributed by atoms with van der Waals surface area (Å²) in [5.41, 5.74) is 1.72. The molecule has 3 aromatic carbocycles. The first kappa shape index (κ1) is 26.8. The number of halogens is 4. The Labute approximate surface area is 220 Å². The Hall–Kier alpha value is -4.25. The van der Waals surface area contributed by atoms with Gasteiger partial charge in [-0.2, -0.15) is 13.2 Å². The number of carbonyl (C=O) groups excluding carboxylic acids is 2. The lowest BCUT2D eigenvalue weighted by Crippen LogP contribution is -2.27. The molecule has 0 fully saturated rings. The summed E-state index contributed by atoms with van der Waals surface area (Å²) in [4.78, 5) is 32.2. The summed E-state index contributed by atoms with van der Waals surface area (Å²) in [6.45, 7) is 5.28. The van der Waals surface area contributed by atoms with Gasteiger partial charge in [0.2, 0.25) is 0 Å². The minimum atomic E-state index is -4.66. The van der Waals surface area contributed by atoms with Crippen molar-refractivity contribution < 1.29 is 27.5 Å². The molecule has 0 unspecified atom stereocenters. The summed E-state index contributed by atoms with van der Waals surface area (Å²) in [6, 6.07) is 12.5. The summed E-state index contributed by atoms with van der Waals surface area (Å²) in [7, 11) is 0. The van der Waals surface area contributed by atoms with Gasteiger partial charge >= 0.3 is 18.3 Å². The van der Waals surface area contributed by atoms with Crippen LogP contribution in [0.3, 0.4) is 0 Å². The summed E-state index contributed by atoms with van der Waals surface area (Å²) in [5, 5.41) is 7.22. The van der Waals surface area contributed by atoms with Crippen LogP contribution in [0.15, 0.2) is 60.9 Å². The van der Waals surface area contributed by atoms with Crippen LogP contribution >= 0.6 is 11.6 Å². The second-order valence-electron chi connectivity index (χ2n) is 9.26. The number of alkyl halides is 3.